The number of nitrogens with two attached hydrogens (primary N) is 1. The highest BCUT2D eigenvalue weighted by atomic mass is 32.1. The van der Waals surface area contributed by atoms with Crippen LogP contribution in [0.5, 0.6) is 0 Å². The topological polar surface area (TPSA) is 66.8 Å². The predicted octanol–water partition coefficient (Wildman–Crippen LogP) is 2.07. The van der Waals surface area contributed by atoms with Crippen LogP contribution in [0, 0.1) is 0 Å². The van der Waals surface area contributed by atoms with Crippen molar-refractivity contribution in [1.82, 2.24) is 14.3 Å². The van der Waals surface area contributed by atoms with Crippen molar-refractivity contribution >= 4 is 22.7 Å². The van der Waals surface area contributed by atoms with E-state index in [4.69, 9.17) is 15.8 Å². The molecule has 0 aliphatic heterocycles. The molecule has 0 saturated heterocycles. The van der Waals surface area contributed by atoms with Crippen molar-refractivity contribution in [2.75, 3.05) is 25.9 Å². The maximum absolute atomic E-state index is 9.09. The number of pyridine rings is 1. The normalized spacial score (nSPS) is 11.6. The molecule has 0 aliphatic rings. The molecule has 0 spiro atoms. The number of hydrogen-bond donors (Lipinski definition) is 2. The molecule has 3 N–H and O–H groups in total. The maximum Gasteiger partial charge on any atom is 0.137 e. The van der Waals surface area contributed by atoms with Gasteiger partial charge in [-0.1, -0.05) is 6.07 Å². The number of nitrogens with zero attached hydrogens (tertiary/aromatic N) is 3. The van der Waals surface area contributed by atoms with Gasteiger partial charge >= 0.3 is 0 Å². The van der Waals surface area contributed by atoms with Crippen molar-refractivity contribution in [3.63, 3.8) is 0 Å². The number of nitrogen functional groups attached to an aromatic ring is 1. The number of aliphatic hydroxyl groups is 1. The number of imidazole rings is 1. The van der Waals surface area contributed by atoms with Crippen molar-refractivity contribution in [2.24, 2.45) is 0 Å². The highest BCUT2D eigenvalue weighted by molar-refractivity contribution is 7.13. The summed E-state index contributed by atoms with van der Waals surface area (Å²) < 4.78 is 2.04. The van der Waals surface area contributed by atoms with E-state index in [1.165, 1.54) is 0 Å². The van der Waals surface area contributed by atoms with Gasteiger partial charge in [0.15, 0.2) is 0 Å². The van der Waals surface area contributed by atoms with Crippen molar-refractivity contribution in [3.05, 3.63) is 41.5 Å². The monoisotopic (exact) mass is 302 g/mol. The molecular formula is C15H18N4OS. The van der Waals surface area contributed by atoms with Crippen LogP contribution < -0.4 is 5.73 Å². The van der Waals surface area contributed by atoms with Gasteiger partial charge in [0.05, 0.1) is 17.2 Å². The van der Waals surface area contributed by atoms with Crippen LogP contribution in [0.15, 0.2) is 35.8 Å². The van der Waals surface area contributed by atoms with Crippen LogP contribution in [0.25, 0.3) is 16.2 Å². The lowest BCUT2D eigenvalue weighted by molar-refractivity contribution is 0.216. The van der Waals surface area contributed by atoms with E-state index in [0.29, 0.717) is 18.8 Å². The molecule has 3 aromatic rings. The fourth-order valence-electron chi connectivity index (χ4n) is 2.38. The van der Waals surface area contributed by atoms with E-state index < -0.39 is 0 Å². The lowest BCUT2D eigenvalue weighted by Crippen LogP contribution is -2.22. The summed E-state index contributed by atoms with van der Waals surface area (Å²) in [7, 11) is 1.99. The van der Waals surface area contributed by atoms with Crippen LogP contribution in [0.2, 0.25) is 0 Å². The van der Waals surface area contributed by atoms with Crippen molar-refractivity contribution in [3.8, 4) is 10.6 Å². The van der Waals surface area contributed by atoms with Gasteiger partial charge in [0.2, 0.25) is 0 Å². The first kappa shape index (κ1) is 14.1. The Labute approximate surface area is 127 Å². The van der Waals surface area contributed by atoms with Crippen molar-refractivity contribution < 1.29 is 5.11 Å². The van der Waals surface area contributed by atoms with E-state index in [2.05, 4.69) is 16.3 Å². The quantitative estimate of drug-likeness (QED) is 0.757. The van der Waals surface area contributed by atoms with Crippen LogP contribution in [0.3, 0.4) is 0 Å². The van der Waals surface area contributed by atoms with Crippen LogP contribution in [-0.4, -0.2) is 39.6 Å². The number of aromatic nitrogens is 2. The highest BCUT2D eigenvalue weighted by Gasteiger charge is 2.16. The Morgan fingerprint density at radius 2 is 2.24 bits per heavy atom. The Morgan fingerprint density at radius 3 is 2.95 bits per heavy atom. The Morgan fingerprint density at radius 1 is 1.38 bits per heavy atom. The van der Waals surface area contributed by atoms with E-state index >= 15 is 0 Å². The molecule has 0 aromatic carbocycles. The van der Waals surface area contributed by atoms with E-state index in [1.807, 2.05) is 35.8 Å². The molecule has 0 saturated carbocycles. The zero-order valence-electron chi connectivity index (χ0n) is 11.9. The molecule has 3 aromatic heterocycles. The zero-order chi connectivity index (χ0) is 14.8. The smallest absolute Gasteiger partial charge is 0.137 e. The van der Waals surface area contributed by atoms with Crippen LogP contribution in [0.4, 0.5) is 5.69 Å². The minimum atomic E-state index is 0.143. The first-order chi connectivity index (χ1) is 10.2. The molecule has 3 heterocycles. The third-order valence-corrected chi connectivity index (χ3v) is 4.27. The average molecular weight is 302 g/mol. The minimum absolute atomic E-state index is 0.143. The maximum atomic E-state index is 9.09. The molecule has 110 valence electrons. The van der Waals surface area contributed by atoms with Crippen LogP contribution >= 0.6 is 11.3 Å². The summed E-state index contributed by atoms with van der Waals surface area (Å²) in [4.78, 5) is 7.95. The number of fused-ring (bicyclic) bond motifs is 1. The molecule has 0 atom stereocenters. The fourth-order valence-corrected chi connectivity index (χ4v) is 3.11. The first-order valence-corrected chi connectivity index (χ1v) is 7.66. The van der Waals surface area contributed by atoms with Crippen LogP contribution in [-0.2, 0) is 6.54 Å². The predicted molar refractivity (Wildman–Crippen MR) is 86.3 cm³/mol. The molecule has 3 rings (SSSR count). The largest absolute Gasteiger partial charge is 0.398 e. The summed E-state index contributed by atoms with van der Waals surface area (Å²) in [6.45, 7) is 1.47. The lowest BCUT2D eigenvalue weighted by atomic mass is 10.2. The summed E-state index contributed by atoms with van der Waals surface area (Å²) in [6.07, 6.45) is 1.90. The number of hydrogen-bond acceptors (Lipinski definition) is 5. The Hall–Kier alpha value is -1.89. The molecule has 0 aliphatic carbocycles. The number of thiophene rings is 1. The molecular weight excluding hydrogens is 284 g/mol. The van der Waals surface area contributed by atoms with E-state index in [-0.39, 0.29) is 6.61 Å². The Balaban J connectivity index is 2.12. The summed E-state index contributed by atoms with van der Waals surface area (Å²) in [5.41, 5.74) is 9.59. The van der Waals surface area contributed by atoms with Crippen molar-refractivity contribution in [2.45, 2.75) is 6.54 Å². The third-order valence-electron chi connectivity index (χ3n) is 3.40. The van der Waals surface area contributed by atoms with Gasteiger partial charge in [0.25, 0.3) is 0 Å². The molecule has 5 nitrogen and oxygen atoms in total. The van der Waals surface area contributed by atoms with Gasteiger partial charge in [-0.15, -0.1) is 11.3 Å². The Kier molecular flexibility index (Phi) is 3.92. The average Bonchev–Trinajstić information content (AvgIpc) is 3.07. The number of anilines is 1. The third kappa shape index (κ3) is 2.78. The van der Waals surface area contributed by atoms with Gasteiger partial charge in [0.1, 0.15) is 11.3 Å². The number of likely N-dealkylation sites (N-methyl/N-ethyl adjacent to an activating group) is 1. The number of aliphatic hydroxyl groups excluding tert-OH is 1. The summed E-state index contributed by atoms with van der Waals surface area (Å²) >= 11 is 1.68. The van der Waals surface area contributed by atoms with Gasteiger partial charge in [-0.25, -0.2) is 4.98 Å². The first-order valence-electron chi connectivity index (χ1n) is 6.79. The Bertz CT molecular complexity index is 736. The van der Waals surface area contributed by atoms with Gasteiger partial charge in [-0.05, 0) is 30.6 Å². The van der Waals surface area contributed by atoms with Gasteiger partial charge in [-0.2, -0.15) is 0 Å². The van der Waals surface area contributed by atoms with Gasteiger partial charge < -0.3 is 10.8 Å². The molecule has 0 bridgehead atoms. The second-order valence-corrected chi connectivity index (χ2v) is 5.98. The SMILES string of the molecule is CN(CCO)Cc1c(-c2cccs2)nc2ccc(N)cn12. The highest BCUT2D eigenvalue weighted by Crippen LogP contribution is 2.29. The number of rotatable bonds is 5. The summed E-state index contributed by atoms with van der Waals surface area (Å²) in [6, 6.07) is 7.90. The molecule has 21 heavy (non-hydrogen) atoms. The molecule has 6 heteroatoms. The van der Waals surface area contributed by atoms with Gasteiger partial charge in [0, 0.05) is 25.0 Å². The van der Waals surface area contributed by atoms with E-state index in [0.717, 1.165) is 21.9 Å². The molecule has 0 unspecified atom stereocenters. The zero-order valence-corrected chi connectivity index (χ0v) is 12.7. The lowest BCUT2D eigenvalue weighted by Gasteiger charge is -2.15. The molecule has 0 amide bonds. The molecule has 0 radical (unpaired) electrons. The van der Waals surface area contributed by atoms with Crippen LogP contribution in [0.1, 0.15) is 5.69 Å². The second-order valence-electron chi connectivity index (χ2n) is 5.04. The van der Waals surface area contributed by atoms with Crippen molar-refractivity contribution in [1.29, 1.82) is 0 Å². The van der Waals surface area contributed by atoms with E-state index in [9.17, 15) is 0 Å². The van der Waals surface area contributed by atoms with E-state index in [1.54, 1.807) is 11.3 Å². The molecule has 0 fully saturated rings. The fraction of sp³-hybridized carbons (Fsp3) is 0.267. The second kappa shape index (κ2) is 5.85. The summed E-state index contributed by atoms with van der Waals surface area (Å²) in [5.74, 6) is 0. The minimum Gasteiger partial charge on any atom is -0.398 e. The standard InChI is InChI=1S/C15H18N4OS/c1-18(6-7-20)10-12-15(13-3-2-8-21-13)17-14-5-4-11(16)9-19(12)14/h2-5,8-9,20H,6-7,10,16H2,1H3. The summed E-state index contributed by atoms with van der Waals surface area (Å²) in [5, 5.41) is 11.1. The van der Waals surface area contributed by atoms with Gasteiger partial charge in [-0.3, -0.25) is 9.30 Å².